The lowest BCUT2D eigenvalue weighted by Gasteiger charge is -2.22. The molecule has 1 saturated heterocycles. The summed E-state index contributed by atoms with van der Waals surface area (Å²) in [6, 6.07) is 10.6. The minimum Gasteiger partial charge on any atom is -0.354 e. The summed E-state index contributed by atoms with van der Waals surface area (Å²) >= 11 is 5.93. The van der Waals surface area contributed by atoms with Gasteiger partial charge in [0.05, 0.1) is 12.4 Å². The van der Waals surface area contributed by atoms with Crippen molar-refractivity contribution in [3.8, 4) is 0 Å². The van der Waals surface area contributed by atoms with Gasteiger partial charge in [0.25, 0.3) is 0 Å². The standard InChI is InChI=1S/C16H19ClN4/c17-15-11-18-12-16(19-15)21-8-4-7-20(9-10-21)13-14-5-2-1-3-6-14/h1-3,5-6,11-12H,4,7-10,13H2. The molecule has 0 radical (unpaired) electrons. The molecule has 0 unspecified atom stereocenters. The van der Waals surface area contributed by atoms with Crippen LogP contribution in [0.4, 0.5) is 5.82 Å². The summed E-state index contributed by atoms with van der Waals surface area (Å²) in [6.07, 6.45) is 4.49. The van der Waals surface area contributed by atoms with Gasteiger partial charge in [-0.3, -0.25) is 9.88 Å². The van der Waals surface area contributed by atoms with Gasteiger partial charge in [-0.15, -0.1) is 0 Å². The highest BCUT2D eigenvalue weighted by Crippen LogP contribution is 2.16. The maximum absolute atomic E-state index is 5.93. The van der Waals surface area contributed by atoms with Crippen molar-refractivity contribution in [3.63, 3.8) is 0 Å². The van der Waals surface area contributed by atoms with Crippen molar-refractivity contribution in [1.29, 1.82) is 0 Å². The first kappa shape index (κ1) is 14.3. The van der Waals surface area contributed by atoms with Gasteiger partial charge in [-0.2, -0.15) is 0 Å². The molecule has 0 spiro atoms. The Labute approximate surface area is 130 Å². The van der Waals surface area contributed by atoms with Gasteiger partial charge in [0.15, 0.2) is 0 Å². The first-order valence-corrected chi connectivity index (χ1v) is 7.68. The van der Waals surface area contributed by atoms with Crippen LogP contribution in [-0.4, -0.2) is 41.0 Å². The second kappa shape index (κ2) is 6.87. The second-order valence-corrected chi connectivity index (χ2v) is 5.69. The summed E-state index contributed by atoms with van der Waals surface area (Å²) in [6.45, 7) is 5.11. The van der Waals surface area contributed by atoms with Crippen molar-refractivity contribution in [1.82, 2.24) is 14.9 Å². The molecule has 5 heteroatoms. The number of nitrogens with zero attached hydrogens (tertiary/aromatic N) is 4. The van der Waals surface area contributed by atoms with Gasteiger partial charge in [-0.05, 0) is 12.0 Å². The molecule has 0 bridgehead atoms. The molecule has 1 aromatic carbocycles. The maximum Gasteiger partial charge on any atom is 0.149 e. The zero-order valence-corrected chi connectivity index (χ0v) is 12.7. The smallest absolute Gasteiger partial charge is 0.149 e. The topological polar surface area (TPSA) is 32.3 Å². The summed E-state index contributed by atoms with van der Waals surface area (Å²) in [7, 11) is 0. The lowest BCUT2D eigenvalue weighted by Crippen LogP contribution is -2.31. The van der Waals surface area contributed by atoms with E-state index in [4.69, 9.17) is 11.6 Å². The van der Waals surface area contributed by atoms with Gasteiger partial charge in [0, 0.05) is 32.7 Å². The Morgan fingerprint density at radius 1 is 1.00 bits per heavy atom. The van der Waals surface area contributed by atoms with Crippen LogP contribution in [-0.2, 0) is 6.54 Å². The molecule has 0 N–H and O–H groups in total. The molecular formula is C16H19ClN4. The lowest BCUT2D eigenvalue weighted by atomic mass is 10.2. The van der Waals surface area contributed by atoms with Crippen molar-refractivity contribution in [2.24, 2.45) is 0 Å². The van der Waals surface area contributed by atoms with E-state index in [1.165, 1.54) is 5.56 Å². The third kappa shape index (κ3) is 3.93. The molecule has 110 valence electrons. The number of anilines is 1. The summed E-state index contributed by atoms with van der Waals surface area (Å²) in [4.78, 5) is 13.2. The van der Waals surface area contributed by atoms with Gasteiger partial charge in [-0.25, -0.2) is 4.98 Å². The maximum atomic E-state index is 5.93. The Morgan fingerprint density at radius 2 is 1.86 bits per heavy atom. The molecule has 1 fully saturated rings. The van der Waals surface area contributed by atoms with Crippen LogP contribution in [0, 0.1) is 0 Å². The van der Waals surface area contributed by atoms with Crippen molar-refractivity contribution in [2.45, 2.75) is 13.0 Å². The zero-order chi connectivity index (χ0) is 14.5. The van der Waals surface area contributed by atoms with Gasteiger partial charge < -0.3 is 4.90 Å². The van der Waals surface area contributed by atoms with Crippen LogP contribution in [0.1, 0.15) is 12.0 Å². The fourth-order valence-corrected chi connectivity index (χ4v) is 2.83. The number of hydrogen-bond donors (Lipinski definition) is 0. The molecule has 0 saturated carbocycles. The van der Waals surface area contributed by atoms with E-state index in [0.717, 1.165) is 45.0 Å². The molecule has 0 aliphatic carbocycles. The van der Waals surface area contributed by atoms with E-state index < -0.39 is 0 Å². The number of rotatable bonds is 3. The first-order chi connectivity index (χ1) is 10.3. The quantitative estimate of drug-likeness (QED) is 0.873. The van der Waals surface area contributed by atoms with E-state index in [0.29, 0.717) is 5.15 Å². The minimum absolute atomic E-state index is 0.456. The molecule has 2 heterocycles. The van der Waals surface area contributed by atoms with Gasteiger partial charge in [0.2, 0.25) is 0 Å². The SMILES string of the molecule is Clc1cncc(N2CCCN(Cc3ccccc3)CC2)n1. The van der Waals surface area contributed by atoms with Gasteiger partial charge in [-0.1, -0.05) is 41.9 Å². The first-order valence-electron chi connectivity index (χ1n) is 7.30. The molecule has 0 atom stereocenters. The Hall–Kier alpha value is -1.65. The van der Waals surface area contributed by atoms with Crippen LogP contribution in [0.2, 0.25) is 5.15 Å². The average Bonchev–Trinajstić information content (AvgIpc) is 2.74. The molecule has 0 amide bonds. The summed E-state index contributed by atoms with van der Waals surface area (Å²) in [5.74, 6) is 0.879. The van der Waals surface area contributed by atoms with Crippen LogP contribution in [0.25, 0.3) is 0 Å². The molecule has 2 aromatic rings. The number of halogens is 1. The van der Waals surface area contributed by atoms with Crippen LogP contribution < -0.4 is 4.90 Å². The number of benzene rings is 1. The Morgan fingerprint density at radius 3 is 2.67 bits per heavy atom. The van der Waals surface area contributed by atoms with Gasteiger partial charge >= 0.3 is 0 Å². The monoisotopic (exact) mass is 302 g/mol. The summed E-state index contributed by atoms with van der Waals surface area (Å²) < 4.78 is 0. The molecular weight excluding hydrogens is 284 g/mol. The molecule has 1 aromatic heterocycles. The van der Waals surface area contributed by atoms with Crippen LogP contribution in [0.3, 0.4) is 0 Å². The van der Waals surface area contributed by atoms with Crippen molar-refractivity contribution < 1.29 is 0 Å². The highest BCUT2D eigenvalue weighted by Gasteiger charge is 2.16. The predicted octanol–water partition coefficient (Wildman–Crippen LogP) is 2.84. The van der Waals surface area contributed by atoms with Crippen molar-refractivity contribution in [2.75, 3.05) is 31.1 Å². The highest BCUT2D eigenvalue weighted by molar-refractivity contribution is 6.29. The van der Waals surface area contributed by atoms with E-state index >= 15 is 0 Å². The molecule has 1 aliphatic heterocycles. The fourth-order valence-electron chi connectivity index (χ4n) is 2.68. The minimum atomic E-state index is 0.456. The summed E-state index contributed by atoms with van der Waals surface area (Å²) in [5, 5.41) is 0.456. The number of aromatic nitrogens is 2. The highest BCUT2D eigenvalue weighted by atomic mass is 35.5. The second-order valence-electron chi connectivity index (χ2n) is 5.30. The third-order valence-corrected chi connectivity index (χ3v) is 3.94. The van der Waals surface area contributed by atoms with E-state index in [1.807, 2.05) is 0 Å². The molecule has 4 nitrogen and oxygen atoms in total. The Bertz CT molecular complexity index is 575. The normalized spacial score (nSPS) is 16.7. The molecule has 1 aliphatic rings. The van der Waals surface area contributed by atoms with Crippen LogP contribution in [0.5, 0.6) is 0 Å². The predicted molar refractivity (Wildman–Crippen MR) is 85.6 cm³/mol. The summed E-state index contributed by atoms with van der Waals surface area (Å²) in [5.41, 5.74) is 1.37. The largest absolute Gasteiger partial charge is 0.354 e. The molecule has 21 heavy (non-hydrogen) atoms. The van der Waals surface area contributed by atoms with E-state index in [-0.39, 0.29) is 0 Å². The van der Waals surface area contributed by atoms with Crippen LogP contribution >= 0.6 is 11.6 Å². The van der Waals surface area contributed by atoms with E-state index in [9.17, 15) is 0 Å². The van der Waals surface area contributed by atoms with Crippen molar-refractivity contribution >= 4 is 17.4 Å². The number of hydrogen-bond acceptors (Lipinski definition) is 4. The van der Waals surface area contributed by atoms with Crippen molar-refractivity contribution in [3.05, 3.63) is 53.4 Å². The third-order valence-electron chi connectivity index (χ3n) is 3.75. The zero-order valence-electron chi connectivity index (χ0n) is 12.0. The van der Waals surface area contributed by atoms with E-state index in [2.05, 4.69) is 50.1 Å². The Balaban J connectivity index is 1.62. The molecule has 3 rings (SSSR count). The fraction of sp³-hybridized carbons (Fsp3) is 0.375. The van der Waals surface area contributed by atoms with Crippen LogP contribution in [0.15, 0.2) is 42.7 Å². The average molecular weight is 303 g/mol. The lowest BCUT2D eigenvalue weighted by molar-refractivity contribution is 0.285. The van der Waals surface area contributed by atoms with Gasteiger partial charge in [0.1, 0.15) is 11.0 Å². The Kier molecular flexibility index (Phi) is 4.68. The van der Waals surface area contributed by atoms with E-state index in [1.54, 1.807) is 12.4 Å².